The maximum Gasteiger partial charge on any atom is 0.282 e. The van der Waals surface area contributed by atoms with E-state index in [9.17, 15) is 14.4 Å². The number of nitrogens with zero attached hydrogens (tertiary/aromatic N) is 2. The highest BCUT2D eigenvalue weighted by Gasteiger charge is 2.40. The summed E-state index contributed by atoms with van der Waals surface area (Å²) >= 11 is 0. The fourth-order valence-corrected chi connectivity index (χ4v) is 3.75. The summed E-state index contributed by atoms with van der Waals surface area (Å²) in [5.74, 6) is -1.02. The molecule has 0 spiro atoms. The minimum absolute atomic E-state index is 0.187. The van der Waals surface area contributed by atoms with Crippen LogP contribution in [0.2, 0.25) is 0 Å². The summed E-state index contributed by atoms with van der Waals surface area (Å²) in [5, 5.41) is 5.88. The highest BCUT2D eigenvalue weighted by atomic mass is 16.2. The van der Waals surface area contributed by atoms with Crippen molar-refractivity contribution in [3.8, 4) is 0 Å². The Morgan fingerprint density at radius 1 is 0.794 bits per heavy atom. The lowest BCUT2D eigenvalue weighted by Gasteiger charge is -2.16. The molecule has 3 aromatic carbocycles. The van der Waals surface area contributed by atoms with Crippen molar-refractivity contribution in [2.45, 2.75) is 13.8 Å². The Morgan fingerprint density at radius 3 is 1.94 bits per heavy atom. The van der Waals surface area contributed by atoms with E-state index >= 15 is 0 Å². The second kappa shape index (κ2) is 9.23. The second-order valence-corrected chi connectivity index (χ2v) is 8.36. The Balaban J connectivity index is 1.75. The number of anilines is 4. The van der Waals surface area contributed by atoms with Crippen molar-refractivity contribution in [3.05, 3.63) is 89.6 Å². The summed E-state index contributed by atoms with van der Waals surface area (Å²) in [4.78, 5) is 41.6. The van der Waals surface area contributed by atoms with Crippen molar-refractivity contribution in [1.82, 2.24) is 0 Å². The molecule has 1 aliphatic rings. The standard InChI is InChI=1S/C27H26N4O3/c1-17-5-13-23(14-6-17)31-26(33)24(19-7-9-20(10-8-19)28-18(2)32)25(27(31)34)29-21-11-15-22(16-12-21)30(3)4/h5-16,29H,1-4H3,(H,28,32). The van der Waals surface area contributed by atoms with E-state index in [1.165, 1.54) is 11.8 Å². The molecule has 3 amide bonds. The molecule has 0 fully saturated rings. The normalized spacial score (nSPS) is 13.4. The van der Waals surface area contributed by atoms with E-state index in [1.807, 2.05) is 62.3 Å². The fraction of sp³-hybridized carbons (Fsp3) is 0.148. The predicted octanol–water partition coefficient (Wildman–Crippen LogP) is 4.42. The third-order valence-electron chi connectivity index (χ3n) is 5.52. The second-order valence-electron chi connectivity index (χ2n) is 8.36. The number of amides is 3. The highest BCUT2D eigenvalue weighted by Crippen LogP contribution is 2.34. The van der Waals surface area contributed by atoms with Gasteiger partial charge in [-0.1, -0.05) is 29.8 Å². The fourth-order valence-electron chi connectivity index (χ4n) is 3.75. The van der Waals surface area contributed by atoms with Crippen LogP contribution in [0.1, 0.15) is 18.1 Å². The van der Waals surface area contributed by atoms with Gasteiger partial charge >= 0.3 is 0 Å². The van der Waals surface area contributed by atoms with Gasteiger partial charge in [0.1, 0.15) is 5.70 Å². The summed E-state index contributed by atoms with van der Waals surface area (Å²) in [6.45, 7) is 3.38. The molecule has 3 aromatic rings. The zero-order chi connectivity index (χ0) is 24.4. The van der Waals surface area contributed by atoms with Crippen LogP contribution < -0.4 is 20.4 Å². The first-order chi connectivity index (χ1) is 16.2. The van der Waals surface area contributed by atoms with Gasteiger partial charge in [0.2, 0.25) is 5.91 Å². The molecule has 172 valence electrons. The first kappa shape index (κ1) is 22.8. The van der Waals surface area contributed by atoms with E-state index < -0.39 is 11.8 Å². The number of hydrogen-bond acceptors (Lipinski definition) is 5. The lowest BCUT2D eigenvalue weighted by Crippen LogP contribution is -2.32. The Labute approximate surface area is 198 Å². The summed E-state index contributed by atoms with van der Waals surface area (Å²) in [7, 11) is 3.90. The number of imide groups is 1. The van der Waals surface area contributed by atoms with Crippen molar-refractivity contribution >= 4 is 46.0 Å². The molecule has 2 N–H and O–H groups in total. The largest absolute Gasteiger partial charge is 0.378 e. The van der Waals surface area contributed by atoms with E-state index in [0.29, 0.717) is 22.6 Å². The SMILES string of the molecule is CC(=O)Nc1ccc(C2=C(Nc3ccc(N(C)C)cc3)C(=O)N(c3ccc(C)cc3)C2=O)cc1. The number of benzene rings is 3. The van der Waals surface area contributed by atoms with Gasteiger partial charge in [0.05, 0.1) is 11.3 Å². The van der Waals surface area contributed by atoms with Crippen molar-refractivity contribution in [2.75, 3.05) is 34.5 Å². The molecule has 0 atom stereocenters. The lowest BCUT2D eigenvalue weighted by atomic mass is 10.0. The summed E-state index contributed by atoms with van der Waals surface area (Å²) in [6.07, 6.45) is 0. The van der Waals surface area contributed by atoms with Gasteiger partial charge in [-0.15, -0.1) is 0 Å². The molecule has 0 saturated heterocycles. The summed E-state index contributed by atoms with van der Waals surface area (Å²) in [5.41, 5.74) is 4.92. The predicted molar refractivity (Wildman–Crippen MR) is 136 cm³/mol. The molecular formula is C27H26N4O3. The summed E-state index contributed by atoms with van der Waals surface area (Å²) < 4.78 is 0. The van der Waals surface area contributed by atoms with Crippen LogP contribution in [0, 0.1) is 6.92 Å². The van der Waals surface area contributed by atoms with Crippen LogP contribution in [-0.2, 0) is 14.4 Å². The van der Waals surface area contributed by atoms with Gasteiger partial charge in [-0.25, -0.2) is 4.90 Å². The van der Waals surface area contributed by atoms with Gasteiger partial charge in [0.25, 0.3) is 11.8 Å². The van der Waals surface area contributed by atoms with E-state index in [-0.39, 0.29) is 17.2 Å². The molecule has 0 bridgehead atoms. The monoisotopic (exact) mass is 454 g/mol. The Morgan fingerprint density at radius 2 is 1.38 bits per heavy atom. The van der Waals surface area contributed by atoms with Crippen LogP contribution in [-0.4, -0.2) is 31.8 Å². The van der Waals surface area contributed by atoms with Crippen LogP contribution in [0.5, 0.6) is 0 Å². The number of rotatable bonds is 6. The number of carbonyl (C=O) groups is 3. The Kier molecular flexibility index (Phi) is 6.19. The van der Waals surface area contributed by atoms with Crippen molar-refractivity contribution in [1.29, 1.82) is 0 Å². The molecule has 0 aliphatic carbocycles. The molecule has 1 aliphatic heterocycles. The van der Waals surface area contributed by atoms with Gasteiger partial charge in [0.15, 0.2) is 0 Å². The van der Waals surface area contributed by atoms with E-state index in [2.05, 4.69) is 10.6 Å². The third kappa shape index (κ3) is 4.54. The number of aryl methyl sites for hydroxylation is 1. The molecule has 1 heterocycles. The van der Waals surface area contributed by atoms with E-state index in [0.717, 1.165) is 11.3 Å². The molecule has 7 nitrogen and oxygen atoms in total. The van der Waals surface area contributed by atoms with Gasteiger partial charge in [0, 0.05) is 38.1 Å². The molecule has 34 heavy (non-hydrogen) atoms. The molecule has 0 aromatic heterocycles. The van der Waals surface area contributed by atoms with Crippen LogP contribution in [0.3, 0.4) is 0 Å². The maximum absolute atomic E-state index is 13.5. The number of hydrogen-bond donors (Lipinski definition) is 2. The van der Waals surface area contributed by atoms with Crippen LogP contribution in [0.15, 0.2) is 78.5 Å². The average Bonchev–Trinajstić information content (AvgIpc) is 3.04. The van der Waals surface area contributed by atoms with Crippen molar-refractivity contribution < 1.29 is 14.4 Å². The minimum atomic E-state index is -0.425. The minimum Gasteiger partial charge on any atom is -0.378 e. The first-order valence-electron chi connectivity index (χ1n) is 10.9. The molecular weight excluding hydrogens is 428 g/mol. The molecule has 0 saturated carbocycles. The van der Waals surface area contributed by atoms with Crippen molar-refractivity contribution in [2.24, 2.45) is 0 Å². The van der Waals surface area contributed by atoms with Crippen LogP contribution in [0.25, 0.3) is 5.57 Å². The number of nitrogens with one attached hydrogen (secondary N) is 2. The van der Waals surface area contributed by atoms with Gasteiger partial charge in [-0.3, -0.25) is 14.4 Å². The molecule has 0 radical (unpaired) electrons. The Bertz CT molecular complexity index is 1270. The van der Waals surface area contributed by atoms with Crippen LogP contribution >= 0.6 is 0 Å². The molecule has 7 heteroatoms. The van der Waals surface area contributed by atoms with Gasteiger partial charge in [-0.05, 0) is 61.0 Å². The quantitative estimate of drug-likeness (QED) is 0.539. The topological polar surface area (TPSA) is 81.8 Å². The smallest absolute Gasteiger partial charge is 0.282 e. The van der Waals surface area contributed by atoms with E-state index in [4.69, 9.17) is 0 Å². The van der Waals surface area contributed by atoms with Crippen molar-refractivity contribution in [3.63, 3.8) is 0 Å². The van der Waals surface area contributed by atoms with E-state index in [1.54, 1.807) is 36.4 Å². The summed E-state index contributed by atoms with van der Waals surface area (Å²) in [6, 6.07) is 21.7. The third-order valence-corrected chi connectivity index (χ3v) is 5.52. The Hall–Kier alpha value is -4.39. The molecule has 0 unspecified atom stereocenters. The van der Waals surface area contributed by atoms with Gasteiger partial charge in [-0.2, -0.15) is 0 Å². The zero-order valence-electron chi connectivity index (χ0n) is 19.5. The van der Waals surface area contributed by atoms with Gasteiger partial charge < -0.3 is 15.5 Å². The average molecular weight is 455 g/mol. The zero-order valence-corrected chi connectivity index (χ0v) is 19.5. The maximum atomic E-state index is 13.5. The first-order valence-corrected chi connectivity index (χ1v) is 10.9. The number of carbonyl (C=O) groups excluding carboxylic acids is 3. The lowest BCUT2D eigenvalue weighted by molar-refractivity contribution is -0.120. The van der Waals surface area contributed by atoms with Crippen LogP contribution in [0.4, 0.5) is 22.7 Å². The highest BCUT2D eigenvalue weighted by molar-refractivity contribution is 6.46. The molecule has 4 rings (SSSR count).